The number of amides is 3. The molecule has 1 aliphatic rings. The van der Waals surface area contributed by atoms with Crippen molar-refractivity contribution < 1.29 is 14.0 Å². The van der Waals surface area contributed by atoms with Gasteiger partial charge in [-0.2, -0.15) is 0 Å². The molecule has 0 aliphatic carbocycles. The molecule has 1 fully saturated rings. The SMILES string of the molecule is O=C(NCCC(=O)N1CCN(c2ccc(F)cc2)CC1)Nc1ccc(Cl)cc1. The molecule has 28 heavy (non-hydrogen) atoms. The maximum Gasteiger partial charge on any atom is 0.319 e. The molecular weight excluding hydrogens is 383 g/mol. The second-order valence-corrected chi connectivity index (χ2v) is 6.92. The van der Waals surface area contributed by atoms with E-state index in [0.717, 1.165) is 5.69 Å². The van der Waals surface area contributed by atoms with Crippen LogP contribution in [-0.2, 0) is 4.79 Å². The van der Waals surface area contributed by atoms with E-state index in [1.165, 1.54) is 12.1 Å². The van der Waals surface area contributed by atoms with Crippen molar-refractivity contribution in [1.29, 1.82) is 0 Å². The van der Waals surface area contributed by atoms with Crippen LogP contribution in [0.2, 0.25) is 5.02 Å². The highest BCUT2D eigenvalue weighted by atomic mass is 35.5. The summed E-state index contributed by atoms with van der Waals surface area (Å²) >= 11 is 5.80. The minimum absolute atomic E-state index is 0.00514. The van der Waals surface area contributed by atoms with Gasteiger partial charge in [-0.3, -0.25) is 4.79 Å². The lowest BCUT2D eigenvalue weighted by atomic mass is 10.2. The van der Waals surface area contributed by atoms with Crippen LogP contribution < -0.4 is 15.5 Å². The first-order chi connectivity index (χ1) is 13.5. The molecule has 3 rings (SSSR count). The molecule has 2 aromatic carbocycles. The zero-order valence-corrected chi connectivity index (χ0v) is 16.1. The van der Waals surface area contributed by atoms with E-state index in [1.807, 2.05) is 0 Å². The Morgan fingerprint density at radius 2 is 1.61 bits per heavy atom. The largest absolute Gasteiger partial charge is 0.368 e. The first-order valence-electron chi connectivity index (χ1n) is 9.10. The van der Waals surface area contributed by atoms with Gasteiger partial charge in [-0.1, -0.05) is 11.6 Å². The summed E-state index contributed by atoms with van der Waals surface area (Å²) in [5, 5.41) is 5.96. The number of halogens is 2. The topological polar surface area (TPSA) is 64.7 Å². The molecule has 0 unspecified atom stereocenters. The quantitative estimate of drug-likeness (QED) is 0.803. The van der Waals surface area contributed by atoms with Gasteiger partial charge >= 0.3 is 6.03 Å². The minimum atomic E-state index is -0.365. The Morgan fingerprint density at radius 1 is 0.964 bits per heavy atom. The fourth-order valence-electron chi connectivity index (χ4n) is 3.02. The summed E-state index contributed by atoms with van der Waals surface area (Å²) in [5.41, 5.74) is 1.58. The lowest BCUT2D eigenvalue weighted by Crippen LogP contribution is -2.49. The number of hydrogen-bond donors (Lipinski definition) is 2. The number of nitrogens with one attached hydrogen (secondary N) is 2. The highest BCUT2D eigenvalue weighted by molar-refractivity contribution is 6.30. The number of rotatable bonds is 5. The van der Waals surface area contributed by atoms with Gasteiger partial charge in [0.15, 0.2) is 0 Å². The Hall–Kier alpha value is -2.80. The molecule has 1 aliphatic heterocycles. The summed E-state index contributed by atoms with van der Waals surface area (Å²) < 4.78 is 13.0. The van der Waals surface area contributed by atoms with Crippen LogP contribution in [0.4, 0.5) is 20.6 Å². The van der Waals surface area contributed by atoms with Crippen LogP contribution in [0.1, 0.15) is 6.42 Å². The maximum absolute atomic E-state index is 13.0. The Bertz CT molecular complexity index is 806. The summed E-state index contributed by atoms with van der Waals surface area (Å²) in [6.45, 7) is 2.86. The van der Waals surface area contributed by atoms with Crippen molar-refractivity contribution in [2.75, 3.05) is 42.9 Å². The van der Waals surface area contributed by atoms with Crippen LogP contribution in [0.15, 0.2) is 48.5 Å². The summed E-state index contributed by atoms with van der Waals surface area (Å²) in [6, 6.07) is 12.8. The minimum Gasteiger partial charge on any atom is -0.368 e. The number of hydrogen-bond acceptors (Lipinski definition) is 3. The molecule has 148 valence electrons. The molecule has 1 heterocycles. The lowest BCUT2D eigenvalue weighted by molar-refractivity contribution is -0.131. The van der Waals surface area contributed by atoms with Gasteiger partial charge < -0.3 is 20.4 Å². The Kier molecular flexibility index (Phi) is 6.71. The van der Waals surface area contributed by atoms with E-state index in [2.05, 4.69) is 15.5 Å². The molecule has 2 aromatic rings. The van der Waals surface area contributed by atoms with E-state index >= 15 is 0 Å². The smallest absolute Gasteiger partial charge is 0.319 e. The van der Waals surface area contributed by atoms with E-state index in [4.69, 9.17) is 11.6 Å². The molecule has 0 saturated carbocycles. The fourth-order valence-corrected chi connectivity index (χ4v) is 3.14. The summed E-state index contributed by atoms with van der Waals surface area (Å²) in [7, 11) is 0. The predicted molar refractivity (Wildman–Crippen MR) is 108 cm³/mol. The number of piperazine rings is 1. The number of carbonyl (C=O) groups excluding carboxylic acids is 2. The first-order valence-corrected chi connectivity index (χ1v) is 9.48. The number of anilines is 2. The molecule has 0 aromatic heterocycles. The molecular formula is C20H22ClFN4O2. The third-order valence-corrected chi connectivity index (χ3v) is 4.80. The van der Waals surface area contributed by atoms with Gasteiger partial charge in [-0.05, 0) is 48.5 Å². The van der Waals surface area contributed by atoms with Crippen LogP contribution >= 0.6 is 11.6 Å². The molecule has 8 heteroatoms. The van der Waals surface area contributed by atoms with E-state index in [0.29, 0.717) is 36.9 Å². The van der Waals surface area contributed by atoms with Crippen molar-refractivity contribution in [3.63, 3.8) is 0 Å². The monoisotopic (exact) mass is 404 g/mol. The summed E-state index contributed by atoms with van der Waals surface area (Å²) in [4.78, 5) is 28.1. The van der Waals surface area contributed by atoms with Crippen LogP contribution in [0.3, 0.4) is 0 Å². The highest BCUT2D eigenvalue weighted by Gasteiger charge is 2.21. The molecule has 1 saturated heterocycles. The Labute approximate surface area is 168 Å². The van der Waals surface area contributed by atoms with Crippen LogP contribution in [0.25, 0.3) is 0 Å². The fraction of sp³-hybridized carbons (Fsp3) is 0.300. The normalized spacial score (nSPS) is 13.9. The average molecular weight is 405 g/mol. The zero-order valence-electron chi connectivity index (χ0n) is 15.3. The third kappa shape index (κ3) is 5.60. The van der Waals surface area contributed by atoms with Gasteiger partial charge in [-0.25, -0.2) is 9.18 Å². The number of nitrogens with zero attached hydrogens (tertiary/aromatic N) is 2. The van der Waals surface area contributed by atoms with Gasteiger partial charge in [0.25, 0.3) is 0 Å². The first kappa shape index (κ1) is 19.9. The van der Waals surface area contributed by atoms with Crippen molar-refractivity contribution in [3.05, 3.63) is 59.4 Å². The average Bonchev–Trinajstić information content (AvgIpc) is 2.70. The molecule has 0 atom stereocenters. The van der Waals surface area contributed by atoms with Gasteiger partial charge in [0.1, 0.15) is 5.82 Å². The van der Waals surface area contributed by atoms with Crippen LogP contribution in [0.5, 0.6) is 0 Å². The molecule has 6 nitrogen and oxygen atoms in total. The molecule has 0 bridgehead atoms. The van der Waals surface area contributed by atoms with Crippen molar-refractivity contribution in [2.45, 2.75) is 6.42 Å². The standard InChI is InChI=1S/C20H22ClFN4O2/c21-15-1-5-17(6-2-15)24-20(28)23-10-9-19(27)26-13-11-25(12-14-26)18-7-3-16(22)4-8-18/h1-8H,9-14H2,(H2,23,24,28). The Balaban J connectivity index is 1.37. The van der Waals surface area contributed by atoms with E-state index in [1.54, 1.807) is 41.3 Å². The van der Waals surface area contributed by atoms with Crippen LogP contribution in [-0.4, -0.2) is 49.6 Å². The number of benzene rings is 2. The van der Waals surface area contributed by atoms with Gasteiger partial charge in [0, 0.05) is 55.5 Å². The van der Waals surface area contributed by atoms with Gasteiger partial charge in [0.2, 0.25) is 5.91 Å². The maximum atomic E-state index is 13.0. The molecule has 2 N–H and O–H groups in total. The lowest BCUT2D eigenvalue weighted by Gasteiger charge is -2.36. The van der Waals surface area contributed by atoms with Crippen molar-refractivity contribution in [2.24, 2.45) is 0 Å². The number of urea groups is 1. The summed E-state index contributed by atoms with van der Waals surface area (Å²) in [5.74, 6) is -0.254. The number of carbonyl (C=O) groups is 2. The summed E-state index contributed by atoms with van der Waals surface area (Å²) in [6.07, 6.45) is 0.241. The second-order valence-electron chi connectivity index (χ2n) is 6.48. The second kappa shape index (κ2) is 9.41. The van der Waals surface area contributed by atoms with E-state index in [-0.39, 0.29) is 30.7 Å². The van der Waals surface area contributed by atoms with Crippen molar-refractivity contribution >= 4 is 34.9 Å². The van der Waals surface area contributed by atoms with Gasteiger partial charge in [0.05, 0.1) is 0 Å². The van der Waals surface area contributed by atoms with Crippen molar-refractivity contribution in [3.8, 4) is 0 Å². The Morgan fingerprint density at radius 3 is 2.25 bits per heavy atom. The highest BCUT2D eigenvalue weighted by Crippen LogP contribution is 2.17. The molecule has 0 radical (unpaired) electrons. The predicted octanol–water partition coefficient (Wildman–Crippen LogP) is 3.34. The van der Waals surface area contributed by atoms with E-state index < -0.39 is 0 Å². The molecule has 3 amide bonds. The van der Waals surface area contributed by atoms with E-state index in [9.17, 15) is 14.0 Å². The van der Waals surface area contributed by atoms with Gasteiger partial charge in [-0.15, -0.1) is 0 Å². The van der Waals surface area contributed by atoms with Crippen LogP contribution in [0, 0.1) is 5.82 Å². The van der Waals surface area contributed by atoms with Crippen molar-refractivity contribution in [1.82, 2.24) is 10.2 Å². The third-order valence-electron chi connectivity index (χ3n) is 4.55. The molecule has 0 spiro atoms. The zero-order chi connectivity index (χ0) is 19.9.